The van der Waals surface area contributed by atoms with Gasteiger partial charge in [0, 0.05) is 27.6 Å². The molecule has 24 heavy (non-hydrogen) atoms. The predicted octanol–water partition coefficient (Wildman–Crippen LogP) is 2.13. The Balaban J connectivity index is 2.09. The molecule has 0 amide bonds. The topological polar surface area (TPSA) is 107 Å². The van der Waals surface area contributed by atoms with E-state index in [2.05, 4.69) is 4.98 Å². The second kappa shape index (κ2) is 4.62. The third-order valence-corrected chi connectivity index (χ3v) is 4.36. The number of aromatic nitrogens is 1. The lowest BCUT2D eigenvalue weighted by atomic mass is 9.86. The van der Waals surface area contributed by atoms with Gasteiger partial charge in [0.2, 0.25) is 17.2 Å². The first-order valence-corrected chi connectivity index (χ1v) is 7.21. The molecule has 1 heterocycles. The summed E-state index contributed by atoms with van der Waals surface area (Å²) in [7, 11) is 0. The number of aromatic carboxylic acids is 1. The molecule has 6 heteroatoms. The maximum absolute atomic E-state index is 12.8. The molecular weight excluding hydrogens is 310 g/mol. The molecule has 1 aromatic heterocycles. The van der Waals surface area contributed by atoms with Gasteiger partial charge in [-0.15, -0.1) is 0 Å². The molecular formula is C18H11NO5. The van der Waals surface area contributed by atoms with Gasteiger partial charge >= 0.3 is 5.97 Å². The molecule has 4 rings (SSSR count). The van der Waals surface area contributed by atoms with E-state index in [1.54, 1.807) is 36.4 Å². The number of hydrogen-bond donors (Lipinski definition) is 3. The average molecular weight is 321 g/mol. The van der Waals surface area contributed by atoms with Crippen LogP contribution in [0.5, 0.6) is 0 Å². The van der Waals surface area contributed by atoms with Gasteiger partial charge in [-0.05, 0) is 6.07 Å². The van der Waals surface area contributed by atoms with Crippen molar-refractivity contribution >= 4 is 28.4 Å². The highest BCUT2D eigenvalue weighted by Crippen LogP contribution is 2.42. The van der Waals surface area contributed by atoms with E-state index in [0.29, 0.717) is 10.9 Å². The van der Waals surface area contributed by atoms with Gasteiger partial charge in [-0.3, -0.25) is 9.59 Å². The number of nitrogens with one attached hydrogen (secondary N) is 1. The summed E-state index contributed by atoms with van der Waals surface area (Å²) in [6.07, 6.45) is 0. The second-order valence-corrected chi connectivity index (χ2v) is 5.64. The minimum atomic E-state index is -2.54. The Bertz CT molecular complexity index is 1010. The minimum absolute atomic E-state index is 0.0895. The molecule has 0 radical (unpaired) electrons. The summed E-state index contributed by atoms with van der Waals surface area (Å²) in [6.45, 7) is 0. The van der Waals surface area contributed by atoms with Crippen molar-refractivity contribution in [2.24, 2.45) is 0 Å². The van der Waals surface area contributed by atoms with Crippen LogP contribution >= 0.6 is 0 Å². The van der Waals surface area contributed by atoms with Gasteiger partial charge in [-0.1, -0.05) is 42.5 Å². The third-order valence-electron chi connectivity index (χ3n) is 4.36. The molecule has 0 spiro atoms. The monoisotopic (exact) mass is 321 g/mol. The number of benzene rings is 2. The van der Waals surface area contributed by atoms with E-state index < -0.39 is 23.1 Å². The fraction of sp³-hybridized carbons (Fsp3) is 0.0556. The molecule has 118 valence electrons. The van der Waals surface area contributed by atoms with Gasteiger partial charge in [-0.25, -0.2) is 4.79 Å². The number of H-pyrrole nitrogens is 1. The molecule has 0 unspecified atom stereocenters. The molecule has 0 fully saturated rings. The van der Waals surface area contributed by atoms with Crippen LogP contribution in [0.4, 0.5) is 0 Å². The Morgan fingerprint density at radius 3 is 2.04 bits per heavy atom. The van der Waals surface area contributed by atoms with Crippen molar-refractivity contribution in [3.8, 4) is 0 Å². The summed E-state index contributed by atoms with van der Waals surface area (Å²) in [5, 5.41) is 20.8. The number of aliphatic hydroxyl groups is 1. The first-order chi connectivity index (χ1) is 11.5. The molecule has 0 bridgehead atoms. The summed E-state index contributed by atoms with van der Waals surface area (Å²) in [4.78, 5) is 39.8. The predicted molar refractivity (Wildman–Crippen MR) is 84.3 cm³/mol. The number of carboxylic acid groups (broad SMARTS) is 1. The van der Waals surface area contributed by atoms with Crippen molar-refractivity contribution in [3.05, 3.63) is 70.9 Å². The number of hydrogen-bond acceptors (Lipinski definition) is 4. The number of carbonyl (C=O) groups excluding carboxylic acids is 2. The van der Waals surface area contributed by atoms with E-state index in [1.165, 1.54) is 12.1 Å². The van der Waals surface area contributed by atoms with Crippen LogP contribution in [-0.2, 0) is 5.60 Å². The summed E-state index contributed by atoms with van der Waals surface area (Å²) in [6, 6.07) is 12.6. The Morgan fingerprint density at radius 2 is 1.46 bits per heavy atom. The highest BCUT2D eigenvalue weighted by molar-refractivity contribution is 6.33. The SMILES string of the molecule is O=C(O)c1[nH]c2ccccc2c1C1(O)C(=O)c2ccccc2C1=O. The molecule has 0 saturated heterocycles. The van der Waals surface area contributed by atoms with E-state index in [-0.39, 0.29) is 22.4 Å². The van der Waals surface area contributed by atoms with Crippen LogP contribution in [0.3, 0.4) is 0 Å². The van der Waals surface area contributed by atoms with Crippen molar-refractivity contribution in [2.45, 2.75) is 5.60 Å². The second-order valence-electron chi connectivity index (χ2n) is 5.64. The number of Topliss-reactive ketones (excluding diaryl/α,β-unsaturated/α-hetero) is 2. The first kappa shape index (κ1) is 14.3. The quantitative estimate of drug-likeness (QED) is 0.627. The van der Waals surface area contributed by atoms with Gasteiger partial charge in [0.25, 0.3) is 0 Å². The van der Waals surface area contributed by atoms with Gasteiger partial charge in [0.1, 0.15) is 5.69 Å². The van der Waals surface area contributed by atoms with Crippen LogP contribution in [0.15, 0.2) is 48.5 Å². The lowest BCUT2D eigenvalue weighted by Gasteiger charge is -2.19. The fourth-order valence-electron chi connectivity index (χ4n) is 3.28. The summed E-state index contributed by atoms with van der Waals surface area (Å²) in [5.41, 5.74) is -2.52. The molecule has 1 aliphatic carbocycles. The van der Waals surface area contributed by atoms with E-state index in [9.17, 15) is 24.6 Å². The van der Waals surface area contributed by atoms with Gasteiger partial charge in [0.15, 0.2) is 0 Å². The third kappa shape index (κ3) is 1.60. The van der Waals surface area contributed by atoms with E-state index in [1.807, 2.05) is 0 Å². The molecule has 1 aliphatic rings. The molecule has 3 aromatic rings. The molecule has 0 atom stereocenters. The van der Waals surface area contributed by atoms with E-state index >= 15 is 0 Å². The lowest BCUT2D eigenvalue weighted by molar-refractivity contribution is 0.0320. The number of carbonyl (C=O) groups is 3. The lowest BCUT2D eigenvalue weighted by Crippen LogP contribution is -2.39. The van der Waals surface area contributed by atoms with Crippen molar-refractivity contribution < 1.29 is 24.6 Å². The molecule has 2 aromatic carbocycles. The van der Waals surface area contributed by atoms with Crippen LogP contribution in [0.2, 0.25) is 0 Å². The smallest absolute Gasteiger partial charge is 0.352 e. The van der Waals surface area contributed by atoms with Crippen LogP contribution in [0.25, 0.3) is 10.9 Å². The molecule has 6 nitrogen and oxygen atoms in total. The standard InChI is InChI=1S/C18H11NO5/c20-15-9-5-1-2-6-10(9)16(21)18(15,24)13-11-7-3-4-8-12(11)19-14(13)17(22)23/h1-8,19,24H,(H,22,23). The Hall–Kier alpha value is -3.25. The van der Waals surface area contributed by atoms with Gasteiger partial charge in [0.05, 0.1) is 0 Å². The summed E-state index contributed by atoms with van der Waals surface area (Å²) < 4.78 is 0. The summed E-state index contributed by atoms with van der Waals surface area (Å²) in [5.74, 6) is -2.98. The number of rotatable bonds is 2. The van der Waals surface area contributed by atoms with Crippen molar-refractivity contribution in [1.82, 2.24) is 4.98 Å². The zero-order valence-electron chi connectivity index (χ0n) is 12.2. The number of ketones is 2. The van der Waals surface area contributed by atoms with Gasteiger partial charge in [-0.2, -0.15) is 0 Å². The van der Waals surface area contributed by atoms with Crippen LogP contribution in [0, 0.1) is 0 Å². The van der Waals surface area contributed by atoms with E-state index in [4.69, 9.17) is 0 Å². The van der Waals surface area contributed by atoms with Crippen LogP contribution < -0.4 is 0 Å². The highest BCUT2D eigenvalue weighted by atomic mass is 16.4. The van der Waals surface area contributed by atoms with Gasteiger partial charge < -0.3 is 15.2 Å². The number of para-hydroxylation sites is 1. The normalized spacial score (nSPS) is 15.7. The maximum Gasteiger partial charge on any atom is 0.352 e. The zero-order chi connectivity index (χ0) is 17.1. The van der Waals surface area contributed by atoms with Crippen LogP contribution in [0.1, 0.15) is 36.8 Å². The number of carboxylic acids is 1. The van der Waals surface area contributed by atoms with Crippen molar-refractivity contribution in [1.29, 1.82) is 0 Å². The molecule has 0 aliphatic heterocycles. The Labute approximate surface area is 135 Å². The molecule has 3 N–H and O–H groups in total. The minimum Gasteiger partial charge on any atom is -0.477 e. The van der Waals surface area contributed by atoms with Crippen molar-refractivity contribution in [2.75, 3.05) is 0 Å². The average Bonchev–Trinajstić information content (AvgIpc) is 3.07. The van der Waals surface area contributed by atoms with E-state index in [0.717, 1.165) is 0 Å². The Kier molecular flexibility index (Phi) is 2.76. The van der Waals surface area contributed by atoms with Crippen molar-refractivity contribution in [3.63, 3.8) is 0 Å². The molecule has 0 saturated carbocycles. The Morgan fingerprint density at radius 1 is 0.917 bits per heavy atom. The zero-order valence-corrected chi connectivity index (χ0v) is 12.2. The summed E-state index contributed by atoms with van der Waals surface area (Å²) >= 11 is 0. The fourth-order valence-corrected chi connectivity index (χ4v) is 3.28. The van der Waals surface area contributed by atoms with Crippen LogP contribution in [-0.4, -0.2) is 32.7 Å². The number of aromatic amines is 1. The largest absolute Gasteiger partial charge is 0.477 e. The highest BCUT2D eigenvalue weighted by Gasteiger charge is 2.55. The number of fused-ring (bicyclic) bond motifs is 2. The maximum atomic E-state index is 12.8. The first-order valence-electron chi connectivity index (χ1n) is 7.21.